The molecule has 0 aliphatic heterocycles. The third kappa shape index (κ3) is 2.07. The Balaban J connectivity index is 2.18. The van der Waals surface area contributed by atoms with Crippen LogP contribution in [-0.2, 0) is 0 Å². The topological polar surface area (TPSA) is 51.8 Å². The number of aromatic nitrogens is 2. The van der Waals surface area contributed by atoms with Crippen LogP contribution < -0.4 is 5.73 Å². The van der Waals surface area contributed by atoms with Gasteiger partial charge in [-0.3, -0.25) is 4.98 Å². The van der Waals surface area contributed by atoms with Crippen LogP contribution in [-0.4, -0.2) is 9.97 Å². The molecular weight excluding hydrogens is 290 g/mol. The molecule has 0 aliphatic carbocycles. The monoisotopic (exact) mass is 299 g/mol. The van der Waals surface area contributed by atoms with Crippen molar-refractivity contribution in [1.29, 1.82) is 0 Å². The molecule has 0 saturated heterocycles. The molecule has 2 N–H and O–H groups in total. The predicted octanol–water partition coefficient (Wildman–Crippen LogP) is 3.64. The number of hydrogen-bond acceptors (Lipinski definition) is 3. The summed E-state index contributed by atoms with van der Waals surface area (Å²) >= 11 is 3.46. The first kappa shape index (κ1) is 11.2. The van der Waals surface area contributed by atoms with Crippen molar-refractivity contribution in [2.45, 2.75) is 0 Å². The number of pyridine rings is 2. The maximum absolute atomic E-state index is 5.69. The number of nitrogen functional groups attached to an aromatic ring is 1. The third-order valence-electron chi connectivity index (χ3n) is 2.72. The van der Waals surface area contributed by atoms with Crippen LogP contribution in [0.1, 0.15) is 0 Å². The van der Waals surface area contributed by atoms with Crippen molar-refractivity contribution < 1.29 is 0 Å². The summed E-state index contributed by atoms with van der Waals surface area (Å²) in [6.45, 7) is 0. The zero-order valence-electron chi connectivity index (χ0n) is 9.47. The second-order valence-electron chi connectivity index (χ2n) is 4.01. The highest BCUT2D eigenvalue weighted by atomic mass is 79.9. The molecule has 0 fully saturated rings. The lowest BCUT2D eigenvalue weighted by Gasteiger charge is -2.04. The summed E-state index contributed by atoms with van der Waals surface area (Å²) in [4.78, 5) is 8.68. The van der Waals surface area contributed by atoms with E-state index >= 15 is 0 Å². The van der Waals surface area contributed by atoms with Gasteiger partial charge in [0, 0.05) is 16.2 Å². The molecule has 3 rings (SSSR count). The van der Waals surface area contributed by atoms with E-state index in [0.717, 1.165) is 26.6 Å². The van der Waals surface area contributed by atoms with Crippen LogP contribution in [0.25, 0.3) is 22.2 Å². The smallest absolute Gasteiger partial charge is 0.124 e. The third-order valence-corrected chi connectivity index (χ3v) is 3.21. The highest BCUT2D eigenvalue weighted by Crippen LogP contribution is 2.24. The maximum Gasteiger partial charge on any atom is 0.124 e. The average molecular weight is 300 g/mol. The largest absolute Gasteiger partial charge is 0.384 e. The molecule has 18 heavy (non-hydrogen) atoms. The van der Waals surface area contributed by atoms with Gasteiger partial charge in [-0.05, 0) is 35.9 Å². The first-order chi connectivity index (χ1) is 8.72. The van der Waals surface area contributed by atoms with Gasteiger partial charge in [0.15, 0.2) is 0 Å². The van der Waals surface area contributed by atoms with Crippen molar-refractivity contribution in [3.8, 4) is 11.1 Å². The summed E-state index contributed by atoms with van der Waals surface area (Å²) in [6, 6.07) is 13.7. The Kier molecular flexibility index (Phi) is 2.72. The molecule has 0 amide bonds. The fraction of sp³-hybridized carbons (Fsp3) is 0. The van der Waals surface area contributed by atoms with Crippen LogP contribution in [0.5, 0.6) is 0 Å². The molecular formula is C14H10BrN3. The Labute approximate surface area is 113 Å². The Bertz CT molecular complexity index is 725. The van der Waals surface area contributed by atoms with Crippen molar-refractivity contribution >= 4 is 32.8 Å². The summed E-state index contributed by atoms with van der Waals surface area (Å²) in [6.07, 6.45) is 1.85. The Hall–Kier alpha value is -1.94. The zero-order valence-corrected chi connectivity index (χ0v) is 11.1. The van der Waals surface area contributed by atoms with Gasteiger partial charge in [-0.15, -0.1) is 0 Å². The number of anilines is 1. The second kappa shape index (κ2) is 4.38. The highest BCUT2D eigenvalue weighted by molar-refractivity contribution is 9.10. The molecule has 0 spiro atoms. The number of rotatable bonds is 1. The van der Waals surface area contributed by atoms with Crippen LogP contribution in [0.3, 0.4) is 0 Å². The van der Waals surface area contributed by atoms with Gasteiger partial charge in [0.25, 0.3) is 0 Å². The number of nitrogens with two attached hydrogens (primary N) is 1. The lowest BCUT2D eigenvalue weighted by Crippen LogP contribution is -1.91. The van der Waals surface area contributed by atoms with Crippen LogP contribution in [0.15, 0.2) is 53.1 Å². The van der Waals surface area contributed by atoms with E-state index in [1.807, 2.05) is 36.5 Å². The molecule has 3 nitrogen and oxygen atoms in total. The van der Waals surface area contributed by atoms with Gasteiger partial charge in [-0.2, -0.15) is 0 Å². The van der Waals surface area contributed by atoms with E-state index in [0.29, 0.717) is 5.82 Å². The van der Waals surface area contributed by atoms with Crippen LogP contribution in [0.4, 0.5) is 5.82 Å². The lowest BCUT2D eigenvalue weighted by atomic mass is 10.1. The number of fused-ring (bicyclic) bond motifs is 1. The molecule has 0 atom stereocenters. The van der Waals surface area contributed by atoms with Crippen molar-refractivity contribution in [3.63, 3.8) is 0 Å². The fourth-order valence-corrected chi connectivity index (χ4v) is 2.25. The van der Waals surface area contributed by atoms with Gasteiger partial charge in [0.2, 0.25) is 0 Å². The first-order valence-corrected chi connectivity index (χ1v) is 6.30. The first-order valence-electron chi connectivity index (χ1n) is 5.50. The normalized spacial score (nSPS) is 10.7. The minimum atomic E-state index is 0.510. The molecule has 1 aromatic carbocycles. The molecule has 4 heteroatoms. The summed E-state index contributed by atoms with van der Waals surface area (Å²) in [7, 11) is 0. The Morgan fingerprint density at radius 3 is 2.67 bits per heavy atom. The average Bonchev–Trinajstić information content (AvgIpc) is 2.38. The van der Waals surface area contributed by atoms with E-state index in [1.54, 1.807) is 6.07 Å². The minimum Gasteiger partial charge on any atom is -0.384 e. The van der Waals surface area contributed by atoms with E-state index in [2.05, 4.69) is 32.0 Å². The van der Waals surface area contributed by atoms with Crippen LogP contribution in [0.2, 0.25) is 0 Å². The van der Waals surface area contributed by atoms with Gasteiger partial charge in [-0.25, -0.2) is 4.98 Å². The van der Waals surface area contributed by atoms with E-state index < -0.39 is 0 Å². The van der Waals surface area contributed by atoms with Gasteiger partial charge in [0.1, 0.15) is 5.82 Å². The number of benzene rings is 1. The zero-order chi connectivity index (χ0) is 12.5. The van der Waals surface area contributed by atoms with Crippen LogP contribution >= 0.6 is 15.9 Å². The van der Waals surface area contributed by atoms with Crippen molar-refractivity contribution in [2.75, 3.05) is 5.73 Å². The summed E-state index contributed by atoms with van der Waals surface area (Å²) in [5, 5.41) is 0. The molecule has 2 aromatic heterocycles. The van der Waals surface area contributed by atoms with E-state index in [9.17, 15) is 0 Å². The SMILES string of the molecule is Nc1ccc2ncc(-c3cccc(Br)c3)cc2n1. The molecule has 0 radical (unpaired) electrons. The molecule has 0 saturated carbocycles. The van der Waals surface area contributed by atoms with Gasteiger partial charge < -0.3 is 5.73 Å². The maximum atomic E-state index is 5.69. The molecule has 3 aromatic rings. The standard InChI is InChI=1S/C14H10BrN3/c15-11-3-1-2-9(6-11)10-7-13-12(17-8-10)4-5-14(16)18-13/h1-8H,(H2,16,18). The Morgan fingerprint density at radius 1 is 0.944 bits per heavy atom. The van der Waals surface area contributed by atoms with Crippen molar-refractivity contribution in [3.05, 3.63) is 53.1 Å². The van der Waals surface area contributed by atoms with Gasteiger partial charge >= 0.3 is 0 Å². The second-order valence-corrected chi connectivity index (χ2v) is 4.92. The lowest BCUT2D eigenvalue weighted by molar-refractivity contribution is 1.34. The van der Waals surface area contributed by atoms with Crippen molar-refractivity contribution in [1.82, 2.24) is 9.97 Å². The quantitative estimate of drug-likeness (QED) is 0.746. The summed E-state index contributed by atoms with van der Waals surface area (Å²) < 4.78 is 1.04. The fourth-order valence-electron chi connectivity index (χ4n) is 1.85. The Morgan fingerprint density at radius 2 is 1.83 bits per heavy atom. The summed E-state index contributed by atoms with van der Waals surface area (Å²) in [5.74, 6) is 0.510. The van der Waals surface area contributed by atoms with Gasteiger partial charge in [-0.1, -0.05) is 28.1 Å². The van der Waals surface area contributed by atoms with Crippen LogP contribution in [0, 0.1) is 0 Å². The highest BCUT2D eigenvalue weighted by Gasteiger charge is 2.02. The number of halogens is 1. The molecule has 0 bridgehead atoms. The van der Waals surface area contributed by atoms with Gasteiger partial charge in [0.05, 0.1) is 11.0 Å². The molecule has 0 aliphatic rings. The molecule has 0 unspecified atom stereocenters. The number of hydrogen-bond donors (Lipinski definition) is 1. The number of nitrogens with zero attached hydrogens (tertiary/aromatic N) is 2. The minimum absolute atomic E-state index is 0.510. The predicted molar refractivity (Wildman–Crippen MR) is 77.1 cm³/mol. The van der Waals surface area contributed by atoms with E-state index in [4.69, 9.17) is 5.73 Å². The molecule has 2 heterocycles. The van der Waals surface area contributed by atoms with E-state index in [-0.39, 0.29) is 0 Å². The summed E-state index contributed by atoms with van der Waals surface area (Å²) in [5.41, 5.74) is 9.48. The van der Waals surface area contributed by atoms with Crippen molar-refractivity contribution in [2.24, 2.45) is 0 Å². The molecule has 88 valence electrons. The van der Waals surface area contributed by atoms with E-state index in [1.165, 1.54) is 0 Å².